The van der Waals surface area contributed by atoms with Crippen molar-refractivity contribution >= 4 is 28.9 Å². The number of benzene rings is 1. The van der Waals surface area contributed by atoms with E-state index in [9.17, 15) is 18.0 Å². The third kappa shape index (κ3) is 3.88. The first-order valence-electron chi connectivity index (χ1n) is 6.83. The number of likely N-dealkylation sites (tertiary alicyclic amines) is 1. The minimum absolute atomic E-state index is 0.211. The summed E-state index contributed by atoms with van der Waals surface area (Å²) in [6.07, 6.45) is -2.09. The van der Waals surface area contributed by atoms with E-state index in [1.54, 1.807) is 4.90 Å². The van der Waals surface area contributed by atoms with Crippen LogP contribution in [0, 0.1) is 0 Å². The summed E-state index contributed by atoms with van der Waals surface area (Å²) >= 11 is 5.21. The standard InChI is InChI=1S/C14H16F3N3OS/c15-14(16,17)9-4-3-5-10(8-9)19-13(22)20-7-2-1-6-11(20)12(18)21/h3-5,8,11H,1-2,6-7H2,(H2,18,21)(H,19,22)/t11-/m1/s1. The van der Waals surface area contributed by atoms with Crippen LogP contribution in [0.5, 0.6) is 0 Å². The van der Waals surface area contributed by atoms with Crippen LogP contribution in [0.1, 0.15) is 24.8 Å². The van der Waals surface area contributed by atoms with Crippen molar-refractivity contribution in [2.75, 3.05) is 11.9 Å². The molecular weight excluding hydrogens is 315 g/mol. The Hall–Kier alpha value is -1.83. The number of carbonyl (C=O) groups excluding carboxylic acids is 1. The first-order valence-corrected chi connectivity index (χ1v) is 7.24. The summed E-state index contributed by atoms with van der Waals surface area (Å²) in [6.45, 7) is 0.554. The normalized spacial score (nSPS) is 18.9. The van der Waals surface area contributed by atoms with E-state index in [1.807, 2.05) is 0 Å². The highest BCUT2D eigenvalue weighted by molar-refractivity contribution is 7.80. The number of anilines is 1. The van der Waals surface area contributed by atoms with Gasteiger partial charge in [-0.05, 0) is 49.7 Å². The minimum Gasteiger partial charge on any atom is -0.368 e. The van der Waals surface area contributed by atoms with Gasteiger partial charge in [-0.25, -0.2) is 0 Å². The second kappa shape index (κ2) is 6.51. The number of rotatable bonds is 2. The van der Waals surface area contributed by atoms with Gasteiger partial charge in [0.1, 0.15) is 6.04 Å². The van der Waals surface area contributed by atoms with Crippen molar-refractivity contribution in [3.8, 4) is 0 Å². The number of thiocarbonyl (C=S) groups is 1. The average molecular weight is 331 g/mol. The molecule has 1 aromatic carbocycles. The van der Waals surface area contributed by atoms with Gasteiger partial charge in [-0.3, -0.25) is 4.79 Å². The van der Waals surface area contributed by atoms with Crippen LogP contribution in [-0.4, -0.2) is 28.5 Å². The van der Waals surface area contributed by atoms with Gasteiger partial charge in [-0.1, -0.05) is 6.07 Å². The largest absolute Gasteiger partial charge is 0.416 e. The monoisotopic (exact) mass is 331 g/mol. The van der Waals surface area contributed by atoms with Crippen LogP contribution in [-0.2, 0) is 11.0 Å². The summed E-state index contributed by atoms with van der Waals surface area (Å²) in [5, 5.41) is 2.97. The van der Waals surface area contributed by atoms with E-state index in [2.05, 4.69) is 5.32 Å². The Morgan fingerprint density at radius 1 is 1.36 bits per heavy atom. The quantitative estimate of drug-likeness (QED) is 0.818. The van der Waals surface area contributed by atoms with Gasteiger partial charge >= 0.3 is 6.18 Å². The van der Waals surface area contributed by atoms with Crippen LogP contribution in [0.4, 0.5) is 18.9 Å². The van der Waals surface area contributed by atoms with E-state index in [0.717, 1.165) is 25.0 Å². The maximum Gasteiger partial charge on any atom is 0.416 e. The molecule has 1 saturated heterocycles. The van der Waals surface area contributed by atoms with E-state index in [-0.39, 0.29) is 10.8 Å². The number of nitrogens with zero attached hydrogens (tertiary/aromatic N) is 1. The maximum absolute atomic E-state index is 12.7. The number of hydrogen-bond donors (Lipinski definition) is 2. The molecule has 8 heteroatoms. The Labute approximate surface area is 131 Å². The maximum atomic E-state index is 12.7. The third-order valence-electron chi connectivity index (χ3n) is 3.53. The van der Waals surface area contributed by atoms with Crippen molar-refractivity contribution in [2.45, 2.75) is 31.5 Å². The Bertz CT molecular complexity index is 577. The molecule has 1 aliphatic heterocycles. The minimum atomic E-state index is -4.42. The summed E-state index contributed by atoms with van der Waals surface area (Å²) in [7, 11) is 0. The van der Waals surface area contributed by atoms with Gasteiger partial charge in [0.05, 0.1) is 5.56 Å². The second-order valence-corrected chi connectivity index (χ2v) is 5.50. The number of alkyl halides is 3. The molecule has 0 unspecified atom stereocenters. The number of nitrogens with one attached hydrogen (secondary N) is 1. The molecule has 0 saturated carbocycles. The highest BCUT2D eigenvalue weighted by Crippen LogP contribution is 2.30. The molecule has 1 fully saturated rings. The highest BCUT2D eigenvalue weighted by atomic mass is 32.1. The number of piperidine rings is 1. The summed E-state index contributed by atoms with van der Waals surface area (Å²) in [6, 6.07) is 4.25. The molecule has 2 rings (SSSR count). The molecule has 0 spiro atoms. The van der Waals surface area contributed by atoms with Crippen LogP contribution in [0.3, 0.4) is 0 Å². The topological polar surface area (TPSA) is 58.4 Å². The van der Waals surface area contributed by atoms with Crippen molar-refractivity contribution in [3.05, 3.63) is 29.8 Å². The van der Waals surface area contributed by atoms with Gasteiger partial charge in [-0.15, -0.1) is 0 Å². The summed E-state index contributed by atoms with van der Waals surface area (Å²) in [5.41, 5.74) is 4.82. The van der Waals surface area contributed by atoms with Crippen molar-refractivity contribution in [1.29, 1.82) is 0 Å². The third-order valence-corrected chi connectivity index (χ3v) is 3.87. The van der Waals surface area contributed by atoms with Crippen molar-refractivity contribution in [1.82, 2.24) is 4.90 Å². The number of primary amides is 1. The lowest BCUT2D eigenvalue weighted by atomic mass is 10.0. The summed E-state index contributed by atoms with van der Waals surface area (Å²) in [4.78, 5) is 13.1. The summed E-state index contributed by atoms with van der Waals surface area (Å²) < 4.78 is 38.1. The molecule has 0 aromatic heterocycles. The first-order chi connectivity index (χ1) is 10.3. The second-order valence-electron chi connectivity index (χ2n) is 5.12. The Kier molecular flexibility index (Phi) is 4.90. The summed E-state index contributed by atoms with van der Waals surface area (Å²) in [5.74, 6) is -0.479. The van der Waals surface area contributed by atoms with Crippen LogP contribution >= 0.6 is 12.2 Å². The first kappa shape index (κ1) is 16.5. The van der Waals surface area contributed by atoms with Crippen LogP contribution in [0.2, 0.25) is 0 Å². The smallest absolute Gasteiger partial charge is 0.368 e. The molecule has 0 radical (unpaired) electrons. The molecule has 1 atom stereocenters. The molecule has 4 nitrogen and oxygen atoms in total. The Morgan fingerprint density at radius 3 is 2.73 bits per heavy atom. The van der Waals surface area contributed by atoms with Crippen LogP contribution in [0.15, 0.2) is 24.3 Å². The van der Waals surface area contributed by atoms with E-state index in [1.165, 1.54) is 12.1 Å². The van der Waals surface area contributed by atoms with E-state index >= 15 is 0 Å². The lowest BCUT2D eigenvalue weighted by molar-refractivity contribution is -0.137. The molecule has 22 heavy (non-hydrogen) atoms. The molecular formula is C14H16F3N3OS. The fourth-order valence-electron chi connectivity index (χ4n) is 2.44. The van der Waals surface area contributed by atoms with E-state index in [4.69, 9.17) is 18.0 Å². The van der Waals surface area contributed by atoms with Gasteiger partial charge in [0.2, 0.25) is 5.91 Å². The number of nitrogens with two attached hydrogens (primary N) is 1. The molecule has 1 aromatic rings. The zero-order valence-corrected chi connectivity index (χ0v) is 12.5. The zero-order valence-electron chi connectivity index (χ0n) is 11.7. The van der Waals surface area contributed by atoms with E-state index < -0.39 is 23.7 Å². The number of amides is 1. The molecule has 3 N–H and O–H groups in total. The number of hydrogen-bond acceptors (Lipinski definition) is 2. The van der Waals surface area contributed by atoms with Gasteiger partial charge in [0.25, 0.3) is 0 Å². The molecule has 120 valence electrons. The van der Waals surface area contributed by atoms with Crippen molar-refractivity contribution in [2.24, 2.45) is 5.73 Å². The highest BCUT2D eigenvalue weighted by Gasteiger charge is 2.31. The zero-order chi connectivity index (χ0) is 16.3. The molecule has 1 amide bonds. The van der Waals surface area contributed by atoms with Crippen molar-refractivity contribution < 1.29 is 18.0 Å². The number of halogens is 3. The van der Waals surface area contributed by atoms with Gasteiger partial charge < -0.3 is 16.0 Å². The van der Waals surface area contributed by atoms with Crippen LogP contribution < -0.4 is 11.1 Å². The average Bonchev–Trinajstić information content (AvgIpc) is 2.46. The molecule has 1 aliphatic rings. The molecule has 1 heterocycles. The lowest BCUT2D eigenvalue weighted by Gasteiger charge is -2.35. The van der Waals surface area contributed by atoms with E-state index in [0.29, 0.717) is 13.0 Å². The van der Waals surface area contributed by atoms with Gasteiger partial charge in [0, 0.05) is 12.2 Å². The molecule has 0 bridgehead atoms. The fraction of sp³-hybridized carbons (Fsp3) is 0.429. The Balaban J connectivity index is 2.12. The fourth-order valence-corrected chi connectivity index (χ4v) is 2.78. The predicted octanol–water partition coefficient (Wildman–Crippen LogP) is 2.74. The number of carbonyl (C=O) groups is 1. The predicted molar refractivity (Wildman–Crippen MR) is 81.2 cm³/mol. The Morgan fingerprint density at radius 2 is 2.09 bits per heavy atom. The van der Waals surface area contributed by atoms with Crippen molar-refractivity contribution in [3.63, 3.8) is 0 Å². The lowest BCUT2D eigenvalue weighted by Crippen LogP contribution is -2.51. The molecule has 0 aliphatic carbocycles. The SMILES string of the molecule is NC(=O)[C@H]1CCCCN1C(=S)Nc1cccc(C(F)(F)F)c1. The van der Waals surface area contributed by atoms with Crippen LogP contribution in [0.25, 0.3) is 0 Å². The van der Waals surface area contributed by atoms with Gasteiger partial charge in [0.15, 0.2) is 5.11 Å². The van der Waals surface area contributed by atoms with Gasteiger partial charge in [-0.2, -0.15) is 13.2 Å².